The summed E-state index contributed by atoms with van der Waals surface area (Å²) in [6.07, 6.45) is 1.03. The summed E-state index contributed by atoms with van der Waals surface area (Å²) in [6.45, 7) is 6.13. The molecule has 0 radical (unpaired) electrons. The highest BCUT2D eigenvalue weighted by molar-refractivity contribution is 14.1. The highest BCUT2D eigenvalue weighted by Crippen LogP contribution is 2.31. The van der Waals surface area contributed by atoms with Gasteiger partial charge in [-0.25, -0.2) is 0 Å². The zero-order chi connectivity index (χ0) is 14.0. The summed E-state index contributed by atoms with van der Waals surface area (Å²) in [7, 11) is 0. The molecule has 19 heavy (non-hydrogen) atoms. The number of nitrogens with zero attached hydrogens (tertiary/aromatic N) is 1. The van der Waals surface area contributed by atoms with E-state index in [0.29, 0.717) is 5.02 Å². The standard InChI is InChI=1S/C14H17ClINOS/c1-14(2)5-6-17(7-8-19-14)13(18)11-9-10(15)3-4-12(11)16/h3-4,9H,5-8H2,1-2H3. The summed E-state index contributed by atoms with van der Waals surface area (Å²) in [5.74, 6) is 1.10. The van der Waals surface area contributed by atoms with Crippen molar-refractivity contribution in [3.63, 3.8) is 0 Å². The highest BCUT2D eigenvalue weighted by Gasteiger charge is 2.27. The van der Waals surface area contributed by atoms with Crippen molar-refractivity contribution in [1.29, 1.82) is 0 Å². The van der Waals surface area contributed by atoms with Crippen LogP contribution in [0.2, 0.25) is 5.02 Å². The van der Waals surface area contributed by atoms with Gasteiger partial charge >= 0.3 is 0 Å². The van der Waals surface area contributed by atoms with Crippen LogP contribution < -0.4 is 0 Å². The average Bonchev–Trinajstić information content (AvgIpc) is 2.52. The first-order valence-corrected chi connectivity index (χ1v) is 8.71. The van der Waals surface area contributed by atoms with E-state index < -0.39 is 0 Å². The van der Waals surface area contributed by atoms with E-state index in [1.165, 1.54) is 0 Å². The molecule has 2 rings (SSSR count). The Morgan fingerprint density at radius 3 is 2.89 bits per heavy atom. The van der Waals surface area contributed by atoms with Gasteiger partial charge in [-0.3, -0.25) is 4.79 Å². The van der Waals surface area contributed by atoms with Gasteiger partial charge in [-0.15, -0.1) is 0 Å². The minimum Gasteiger partial charge on any atom is -0.338 e. The summed E-state index contributed by atoms with van der Waals surface area (Å²) in [5.41, 5.74) is 0.720. The first-order chi connectivity index (χ1) is 8.89. The van der Waals surface area contributed by atoms with Crippen LogP contribution in [-0.4, -0.2) is 34.4 Å². The SMILES string of the molecule is CC1(C)CCN(C(=O)c2cc(Cl)ccc2I)CCS1. The first kappa shape index (κ1) is 15.4. The Balaban J connectivity index is 2.17. The van der Waals surface area contributed by atoms with E-state index in [0.717, 1.165) is 34.4 Å². The molecule has 0 aromatic heterocycles. The molecular weight excluding hydrogens is 393 g/mol. The maximum Gasteiger partial charge on any atom is 0.255 e. The molecular formula is C14H17ClINOS. The van der Waals surface area contributed by atoms with Crippen LogP contribution in [0.15, 0.2) is 18.2 Å². The zero-order valence-electron chi connectivity index (χ0n) is 11.1. The Hall–Kier alpha value is 0.0600. The molecule has 1 aliphatic rings. The monoisotopic (exact) mass is 409 g/mol. The number of carbonyl (C=O) groups is 1. The summed E-state index contributed by atoms with van der Waals surface area (Å²) >= 11 is 10.1. The molecule has 1 aliphatic heterocycles. The Bertz CT molecular complexity index is 492. The van der Waals surface area contributed by atoms with E-state index in [-0.39, 0.29) is 10.7 Å². The van der Waals surface area contributed by atoms with Crippen molar-refractivity contribution in [2.45, 2.75) is 25.0 Å². The van der Waals surface area contributed by atoms with Crippen molar-refractivity contribution in [2.75, 3.05) is 18.8 Å². The largest absolute Gasteiger partial charge is 0.338 e. The molecule has 0 bridgehead atoms. The van der Waals surface area contributed by atoms with Crippen LogP contribution in [0.5, 0.6) is 0 Å². The van der Waals surface area contributed by atoms with Gasteiger partial charge in [-0.1, -0.05) is 25.4 Å². The van der Waals surface area contributed by atoms with E-state index in [9.17, 15) is 4.79 Å². The Labute approximate surface area is 137 Å². The normalized spacial score (nSPS) is 19.1. The Morgan fingerprint density at radius 2 is 2.16 bits per heavy atom. The summed E-state index contributed by atoms with van der Waals surface area (Å²) in [6, 6.07) is 5.49. The predicted molar refractivity (Wildman–Crippen MR) is 91.2 cm³/mol. The molecule has 1 amide bonds. The Kier molecular flexibility index (Phi) is 5.06. The molecule has 0 aliphatic carbocycles. The number of benzene rings is 1. The van der Waals surface area contributed by atoms with E-state index in [1.54, 1.807) is 6.07 Å². The van der Waals surface area contributed by atoms with E-state index in [1.807, 2.05) is 28.8 Å². The average molecular weight is 410 g/mol. The van der Waals surface area contributed by atoms with Crippen LogP contribution in [0.4, 0.5) is 0 Å². The lowest BCUT2D eigenvalue weighted by Crippen LogP contribution is -2.34. The molecule has 1 aromatic rings. The third-order valence-electron chi connectivity index (χ3n) is 3.28. The van der Waals surface area contributed by atoms with Gasteiger partial charge in [0.1, 0.15) is 0 Å². The van der Waals surface area contributed by atoms with Crippen LogP contribution in [0.25, 0.3) is 0 Å². The minimum absolute atomic E-state index is 0.102. The van der Waals surface area contributed by atoms with Crippen molar-refractivity contribution in [3.05, 3.63) is 32.4 Å². The number of amides is 1. The lowest BCUT2D eigenvalue weighted by Gasteiger charge is -2.23. The van der Waals surface area contributed by atoms with E-state index in [2.05, 4.69) is 36.4 Å². The molecule has 0 spiro atoms. The van der Waals surface area contributed by atoms with Crippen molar-refractivity contribution in [3.8, 4) is 0 Å². The number of hydrogen-bond donors (Lipinski definition) is 0. The number of halogens is 2. The van der Waals surface area contributed by atoms with Crippen molar-refractivity contribution in [2.24, 2.45) is 0 Å². The second-order valence-electron chi connectivity index (χ2n) is 5.27. The lowest BCUT2D eigenvalue weighted by molar-refractivity contribution is 0.0763. The van der Waals surface area contributed by atoms with Gasteiger partial charge in [-0.05, 0) is 47.2 Å². The van der Waals surface area contributed by atoms with Crippen LogP contribution in [0.3, 0.4) is 0 Å². The molecule has 1 fully saturated rings. The second-order valence-corrected chi connectivity index (χ2v) is 8.68. The van der Waals surface area contributed by atoms with Gasteiger partial charge in [0.15, 0.2) is 0 Å². The second kappa shape index (κ2) is 6.22. The van der Waals surface area contributed by atoms with Gasteiger partial charge in [0.25, 0.3) is 5.91 Å². The molecule has 104 valence electrons. The molecule has 0 saturated carbocycles. The number of rotatable bonds is 1. The van der Waals surface area contributed by atoms with Crippen molar-refractivity contribution in [1.82, 2.24) is 4.90 Å². The molecule has 2 nitrogen and oxygen atoms in total. The van der Waals surface area contributed by atoms with Crippen LogP contribution >= 0.6 is 46.0 Å². The lowest BCUT2D eigenvalue weighted by atomic mass is 10.1. The number of carbonyl (C=O) groups excluding carboxylic acids is 1. The molecule has 5 heteroatoms. The topological polar surface area (TPSA) is 20.3 Å². The molecule has 1 heterocycles. The summed E-state index contributed by atoms with van der Waals surface area (Å²) < 4.78 is 1.22. The van der Waals surface area contributed by atoms with E-state index in [4.69, 9.17) is 11.6 Å². The highest BCUT2D eigenvalue weighted by atomic mass is 127. The molecule has 0 atom stereocenters. The Morgan fingerprint density at radius 1 is 1.42 bits per heavy atom. The third kappa shape index (κ3) is 4.02. The minimum atomic E-state index is 0.102. The van der Waals surface area contributed by atoms with Crippen LogP contribution in [0.1, 0.15) is 30.6 Å². The predicted octanol–water partition coefficient (Wildman–Crippen LogP) is 4.30. The number of thioether (sulfide) groups is 1. The van der Waals surface area contributed by atoms with Gasteiger partial charge in [0, 0.05) is 32.2 Å². The van der Waals surface area contributed by atoms with Crippen LogP contribution in [-0.2, 0) is 0 Å². The third-order valence-corrected chi connectivity index (χ3v) is 5.83. The first-order valence-electron chi connectivity index (χ1n) is 6.27. The summed E-state index contributed by atoms with van der Waals surface area (Å²) in [4.78, 5) is 14.5. The number of hydrogen-bond acceptors (Lipinski definition) is 2. The fraction of sp³-hybridized carbons (Fsp3) is 0.500. The zero-order valence-corrected chi connectivity index (χ0v) is 14.8. The molecule has 1 saturated heterocycles. The van der Waals surface area contributed by atoms with Crippen LogP contribution in [0, 0.1) is 3.57 Å². The smallest absolute Gasteiger partial charge is 0.255 e. The van der Waals surface area contributed by atoms with Crippen molar-refractivity contribution < 1.29 is 4.79 Å². The molecule has 0 unspecified atom stereocenters. The van der Waals surface area contributed by atoms with Gasteiger partial charge in [0.05, 0.1) is 5.56 Å². The molecule has 0 N–H and O–H groups in total. The summed E-state index contributed by atoms with van der Waals surface area (Å²) in [5, 5.41) is 0.619. The molecule has 1 aromatic carbocycles. The van der Waals surface area contributed by atoms with Gasteiger partial charge in [-0.2, -0.15) is 11.8 Å². The van der Waals surface area contributed by atoms with Crippen molar-refractivity contribution >= 4 is 51.9 Å². The fourth-order valence-electron chi connectivity index (χ4n) is 2.06. The maximum atomic E-state index is 12.6. The van der Waals surface area contributed by atoms with Gasteiger partial charge in [0.2, 0.25) is 0 Å². The quantitative estimate of drug-likeness (QED) is 0.645. The maximum absolute atomic E-state index is 12.6. The van der Waals surface area contributed by atoms with E-state index >= 15 is 0 Å². The fourth-order valence-corrected chi connectivity index (χ4v) is 3.89. The van der Waals surface area contributed by atoms with Gasteiger partial charge < -0.3 is 4.90 Å².